The molecule has 1 fully saturated rings. The minimum absolute atomic E-state index is 0.235. The molecule has 0 radical (unpaired) electrons. The molecule has 3 nitrogen and oxygen atoms in total. The maximum absolute atomic E-state index is 12.4. The van der Waals surface area contributed by atoms with E-state index in [9.17, 15) is 4.79 Å². The van der Waals surface area contributed by atoms with Crippen molar-refractivity contribution >= 4 is 16.7 Å². The lowest BCUT2D eigenvalue weighted by Crippen LogP contribution is -2.22. The number of carbonyl (C=O) groups excluding carboxylic acids is 1. The molecule has 2 aromatic carbocycles. The van der Waals surface area contributed by atoms with Crippen LogP contribution >= 0.6 is 0 Å². The Balaban J connectivity index is 1.62. The van der Waals surface area contributed by atoms with E-state index < -0.39 is 0 Å². The quantitative estimate of drug-likeness (QED) is 0.873. The molecule has 22 heavy (non-hydrogen) atoms. The Morgan fingerprint density at radius 2 is 1.68 bits per heavy atom. The topological polar surface area (TPSA) is 46.5 Å². The predicted octanol–water partition coefficient (Wildman–Crippen LogP) is 3.80. The second-order valence-electron chi connectivity index (χ2n) is 6.19. The van der Waals surface area contributed by atoms with E-state index in [0.717, 1.165) is 36.5 Å². The van der Waals surface area contributed by atoms with Crippen molar-refractivity contribution in [1.29, 1.82) is 0 Å². The first-order valence-corrected chi connectivity index (χ1v) is 8.03. The first-order chi connectivity index (χ1) is 10.8. The third kappa shape index (κ3) is 3.30. The maximum Gasteiger partial charge on any atom is 0.338 e. The van der Waals surface area contributed by atoms with Crippen LogP contribution in [0.1, 0.15) is 36.0 Å². The average Bonchev–Trinajstić information content (AvgIpc) is 2.59. The Morgan fingerprint density at radius 3 is 2.45 bits per heavy atom. The third-order valence-electron chi connectivity index (χ3n) is 4.68. The van der Waals surface area contributed by atoms with E-state index in [2.05, 4.69) is 0 Å². The lowest BCUT2D eigenvalue weighted by atomic mass is 9.83. The Morgan fingerprint density at radius 1 is 1.00 bits per heavy atom. The first kappa shape index (κ1) is 15.0. The molecule has 0 unspecified atom stereocenters. The molecule has 0 aliphatic heterocycles. The molecule has 2 aromatic rings. The van der Waals surface area contributed by atoms with Crippen molar-refractivity contribution in [3.63, 3.8) is 0 Å². The fourth-order valence-electron chi connectivity index (χ4n) is 3.26. The average molecular weight is 298 g/mol. The number of aliphatic hydroxyl groups excluding tert-OH is 1. The second kappa shape index (κ2) is 6.93. The molecule has 0 amide bonds. The van der Waals surface area contributed by atoms with Crippen LogP contribution in [0.3, 0.4) is 0 Å². The van der Waals surface area contributed by atoms with Gasteiger partial charge in [-0.05, 0) is 54.4 Å². The van der Waals surface area contributed by atoms with Crippen molar-refractivity contribution in [3.05, 3.63) is 48.0 Å². The van der Waals surface area contributed by atoms with Gasteiger partial charge in [0.1, 0.15) is 0 Å². The summed E-state index contributed by atoms with van der Waals surface area (Å²) in [6, 6.07) is 13.6. The zero-order chi connectivity index (χ0) is 15.4. The van der Waals surface area contributed by atoms with E-state index in [1.165, 1.54) is 0 Å². The largest absolute Gasteiger partial charge is 0.462 e. The van der Waals surface area contributed by atoms with E-state index in [-0.39, 0.29) is 12.6 Å². The van der Waals surface area contributed by atoms with Gasteiger partial charge < -0.3 is 9.84 Å². The molecule has 0 spiro atoms. The minimum Gasteiger partial charge on any atom is -0.462 e. The van der Waals surface area contributed by atoms with Crippen molar-refractivity contribution in [2.45, 2.75) is 25.7 Å². The molecular formula is C19H22O3. The molecule has 0 heterocycles. The number of aliphatic hydroxyl groups is 1. The Hall–Kier alpha value is -1.87. The van der Waals surface area contributed by atoms with Crippen molar-refractivity contribution in [3.8, 4) is 0 Å². The number of hydrogen-bond donors (Lipinski definition) is 1. The lowest BCUT2D eigenvalue weighted by Gasteiger charge is -2.26. The summed E-state index contributed by atoms with van der Waals surface area (Å²) >= 11 is 0. The molecule has 1 N–H and O–H groups in total. The molecule has 0 atom stereocenters. The summed E-state index contributed by atoms with van der Waals surface area (Å²) in [5.41, 5.74) is 0.641. The monoisotopic (exact) mass is 298 g/mol. The lowest BCUT2D eigenvalue weighted by molar-refractivity contribution is 0.0382. The maximum atomic E-state index is 12.4. The molecular weight excluding hydrogens is 276 g/mol. The van der Waals surface area contributed by atoms with Gasteiger partial charge in [-0.3, -0.25) is 0 Å². The van der Waals surface area contributed by atoms with E-state index in [1.807, 2.05) is 42.5 Å². The molecule has 1 aliphatic rings. The van der Waals surface area contributed by atoms with Crippen LogP contribution in [0.5, 0.6) is 0 Å². The number of rotatable bonds is 4. The molecule has 0 saturated heterocycles. The molecule has 1 aliphatic carbocycles. The van der Waals surface area contributed by atoms with E-state index in [4.69, 9.17) is 9.84 Å². The van der Waals surface area contributed by atoms with Crippen LogP contribution in [0.4, 0.5) is 0 Å². The fraction of sp³-hybridized carbons (Fsp3) is 0.421. The summed E-state index contributed by atoms with van der Waals surface area (Å²) in [4.78, 5) is 12.4. The number of ether oxygens (including phenoxy) is 1. The highest BCUT2D eigenvalue weighted by molar-refractivity contribution is 6.04. The van der Waals surface area contributed by atoms with E-state index in [1.54, 1.807) is 0 Å². The molecule has 3 rings (SSSR count). The summed E-state index contributed by atoms with van der Waals surface area (Å²) < 4.78 is 5.54. The van der Waals surface area contributed by atoms with E-state index in [0.29, 0.717) is 24.0 Å². The zero-order valence-corrected chi connectivity index (χ0v) is 12.7. The van der Waals surface area contributed by atoms with Gasteiger partial charge in [0.05, 0.1) is 12.2 Å². The fourth-order valence-corrected chi connectivity index (χ4v) is 3.26. The van der Waals surface area contributed by atoms with Gasteiger partial charge >= 0.3 is 5.97 Å². The molecule has 116 valence electrons. The number of benzene rings is 2. The van der Waals surface area contributed by atoms with E-state index >= 15 is 0 Å². The SMILES string of the molecule is O=C(OCC1CCC(CO)CC1)c1cccc2ccccc12. The van der Waals surface area contributed by atoms with Gasteiger partial charge in [0.2, 0.25) is 0 Å². The molecule has 0 aromatic heterocycles. The zero-order valence-electron chi connectivity index (χ0n) is 12.7. The van der Waals surface area contributed by atoms with Crippen molar-refractivity contribution in [1.82, 2.24) is 0 Å². The Labute approximate surface area is 130 Å². The predicted molar refractivity (Wildman–Crippen MR) is 86.8 cm³/mol. The van der Waals surface area contributed by atoms with Crippen molar-refractivity contribution in [2.75, 3.05) is 13.2 Å². The van der Waals surface area contributed by atoms with Crippen LogP contribution in [-0.4, -0.2) is 24.3 Å². The minimum atomic E-state index is -0.235. The van der Waals surface area contributed by atoms with Crippen LogP contribution in [0.25, 0.3) is 10.8 Å². The first-order valence-electron chi connectivity index (χ1n) is 8.03. The normalized spacial score (nSPS) is 21.7. The van der Waals surface area contributed by atoms with Gasteiger partial charge in [-0.1, -0.05) is 36.4 Å². The van der Waals surface area contributed by atoms with Crippen molar-refractivity contribution in [2.24, 2.45) is 11.8 Å². The molecule has 3 heteroatoms. The highest BCUT2D eigenvalue weighted by Gasteiger charge is 2.22. The second-order valence-corrected chi connectivity index (χ2v) is 6.19. The van der Waals surface area contributed by atoms with Gasteiger partial charge in [0, 0.05) is 6.61 Å². The van der Waals surface area contributed by atoms with Crippen LogP contribution in [0.15, 0.2) is 42.5 Å². The summed E-state index contributed by atoms with van der Waals surface area (Å²) in [6.45, 7) is 0.767. The summed E-state index contributed by atoms with van der Waals surface area (Å²) in [7, 11) is 0. The number of esters is 1. The van der Waals surface area contributed by atoms with Crippen LogP contribution in [-0.2, 0) is 4.74 Å². The Kier molecular flexibility index (Phi) is 4.74. The smallest absolute Gasteiger partial charge is 0.338 e. The summed E-state index contributed by atoms with van der Waals surface area (Å²) in [6.07, 6.45) is 4.14. The van der Waals surface area contributed by atoms with Gasteiger partial charge in [-0.25, -0.2) is 4.79 Å². The summed E-state index contributed by atoms with van der Waals surface area (Å²) in [5, 5.41) is 11.2. The van der Waals surface area contributed by atoms with Gasteiger partial charge in [-0.15, -0.1) is 0 Å². The standard InChI is InChI=1S/C19H22O3/c20-12-14-8-10-15(11-9-14)13-22-19(21)18-7-3-5-16-4-1-2-6-17(16)18/h1-7,14-15,20H,8-13H2. The number of hydrogen-bond acceptors (Lipinski definition) is 3. The molecule has 0 bridgehead atoms. The van der Waals surface area contributed by atoms with Crippen molar-refractivity contribution < 1.29 is 14.6 Å². The Bertz CT molecular complexity index is 637. The van der Waals surface area contributed by atoms with Crippen LogP contribution in [0, 0.1) is 11.8 Å². The summed E-state index contributed by atoms with van der Waals surface area (Å²) in [5.74, 6) is 0.632. The van der Waals surface area contributed by atoms with Gasteiger partial charge in [-0.2, -0.15) is 0 Å². The van der Waals surface area contributed by atoms with Gasteiger partial charge in [0.15, 0.2) is 0 Å². The number of carbonyl (C=O) groups is 1. The van der Waals surface area contributed by atoms with Crippen LogP contribution in [0.2, 0.25) is 0 Å². The highest BCUT2D eigenvalue weighted by Crippen LogP contribution is 2.29. The highest BCUT2D eigenvalue weighted by atomic mass is 16.5. The van der Waals surface area contributed by atoms with Gasteiger partial charge in [0.25, 0.3) is 0 Å². The van der Waals surface area contributed by atoms with Crippen LogP contribution < -0.4 is 0 Å². The number of fused-ring (bicyclic) bond motifs is 1. The third-order valence-corrected chi connectivity index (χ3v) is 4.68. The molecule has 1 saturated carbocycles.